The van der Waals surface area contributed by atoms with Gasteiger partial charge in [0.1, 0.15) is 18.2 Å². The predicted molar refractivity (Wildman–Crippen MR) is 130 cm³/mol. The van der Waals surface area contributed by atoms with E-state index in [0.29, 0.717) is 18.8 Å². The van der Waals surface area contributed by atoms with Gasteiger partial charge in [-0.3, -0.25) is 0 Å². The summed E-state index contributed by atoms with van der Waals surface area (Å²) in [6, 6.07) is 24.6. The van der Waals surface area contributed by atoms with Crippen molar-refractivity contribution < 1.29 is 18.5 Å². The molecule has 1 aliphatic heterocycles. The molecular formula is C29H23N2O3+. The summed E-state index contributed by atoms with van der Waals surface area (Å²) < 4.78 is 20.0. The first-order valence-corrected chi connectivity index (χ1v) is 11.3. The molecule has 6 rings (SSSR count). The number of aromatic nitrogens is 1. The van der Waals surface area contributed by atoms with Crippen molar-refractivity contribution in [3.63, 3.8) is 0 Å². The van der Waals surface area contributed by atoms with Crippen LogP contribution in [-0.2, 0) is 16.5 Å². The molecule has 1 saturated heterocycles. The monoisotopic (exact) mass is 447 g/mol. The number of nitriles is 1. The summed E-state index contributed by atoms with van der Waals surface area (Å²) in [7, 11) is 2.04. The molecule has 5 heteroatoms. The first kappa shape index (κ1) is 20.6. The van der Waals surface area contributed by atoms with E-state index in [1.54, 1.807) is 0 Å². The minimum atomic E-state index is -0.330. The highest BCUT2D eigenvalue weighted by molar-refractivity contribution is 6.13. The third kappa shape index (κ3) is 3.19. The Labute approximate surface area is 197 Å². The molecule has 1 fully saturated rings. The van der Waals surface area contributed by atoms with Crippen LogP contribution in [0.3, 0.4) is 0 Å². The fourth-order valence-electron chi connectivity index (χ4n) is 4.84. The maximum Gasteiger partial charge on any atom is 0.216 e. The van der Waals surface area contributed by atoms with Crippen molar-refractivity contribution in [2.24, 2.45) is 7.05 Å². The van der Waals surface area contributed by atoms with Crippen molar-refractivity contribution >= 4 is 21.9 Å². The van der Waals surface area contributed by atoms with Gasteiger partial charge in [-0.25, -0.2) is 4.57 Å². The van der Waals surface area contributed by atoms with E-state index in [2.05, 4.69) is 35.8 Å². The minimum absolute atomic E-state index is 0.330. The molecule has 3 aromatic carbocycles. The zero-order valence-electron chi connectivity index (χ0n) is 19.0. The highest BCUT2D eigenvalue weighted by atomic mass is 16.7. The van der Waals surface area contributed by atoms with Crippen LogP contribution in [-0.4, -0.2) is 13.2 Å². The number of pyridine rings is 1. The lowest BCUT2D eigenvalue weighted by Crippen LogP contribution is -2.30. The van der Waals surface area contributed by atoms with Crippen LogP contribution in [0.2, 0.25) is 0 Å². The Hall–Kier alpha value is -3.98. The molecule has 0 unspecified atom stereocenters. The summed E-state index contributed by atoms with van der Waals surface area (Å²) in [4.78, 5) is 0. The van der Waals surface area contributed by atoms with E-state index in [-0.39, 0.29) is 6.29 Å². The lowest BCUT2D eigenvalue weighted by molar-refractivity contribution is -0.660. The highest BCUT2D eigenvalue weighted by Gasteiger charge is 2.23. The molecule has 0 spiro atoms. The van der Waals surface area contributed by atoms with E-state index in [9.17, 15) is 5.26 Å². The normalized spacial score (nSPS) is 14.1. The number of furan rings is 1. The molecule has 2 aromatic heterocycles. The molecule has 0 atom stereocenters. The Kier molecular flexibility index (Phi) is 4.91. The van der Waals surface area contributed by atoms with Gasteiger partial charge in [0.25, 0.3) is 0 Å². The number of hydrogen-bond donors (Lipinski definition) is 0. The van der Waals surface area contributed by atoms with E-state index < -0.39 is 0 Å². The Morgan fingerprint density at radius 1 is 0.853 bits per heavy atom. The van der Waals surface area contributed by atoms with Crippen LogP contribution >= 0.6 is 0 Å². The summed E-state index contributed by atoms with van der Waals surface area (Å²) in [6.45, 7) is 3.30. The third-order valence-corrected chi connectivity index (χ3v) is 6.54. The van der Waals surface area contributed by atoms with Crippen LogP contribution in [0.4, 0.5) is 0 Å². The number of benzene rings is 3. The quantitative estimate of drug-likeness (QED) is 0.320. The Morgan fingerprint density at radius 2 is 1.56 bits per heavy atom. The summed E-state index contributed by atoms with van der Waals surface area (Å²) >= 11 is 0. The van der Waals surface area contributed by atoms with Crippen LogP contribution < -0.4 is 4.57 Å². The number of aryl methyl sites for hydroxylation is 2. The number of ether oxygens (including phenoxy) is 2. The molecule has 0 N–H and O–H groups in total. The van der Waals surface area contributed by atoms with Crippen LogP contribution in [0, 0.1) is 18.3 Å². The van der Waals surface area contributed by atoms with Crippen LogP contribution in [0.1, 0.15) is 23.0 Å². The first-order valence-electron chi connectivity index (χ1n) is 11.3. The maximum absolute atomic E-state index is 9.92. The van der Waals surface area contributed by atoms with Gasteiger partial charge >= 0.3 is 0 Å². The standard InChI is InChI=1S/C29H23N2O3/c1-18-6-12-22-23-13-11-21(17-30)26(19-7-9-20(10-8-19)29-32-15-16-33-29)28(23)34-27(22)25(18)24-5-3-4-14-31(24)2/h3-14,29H,15-16H2,1-2H3/q+1. The maximum atomic E-state index is 9.92. The second-order valence-electron chi connectivity index (χ2n) is 8.61. The van der Waals surface area contributed by atoms with Crippen molar-refractivity contribution in [1.82, 2.24) is 0 Å². The van der Waals surface area contributed by atoms with E-state index in [1.165, 1.54) is 0 Å². The molecule has 1 aliphatic rings. The SMILES string of the molecule is Cc1ccc2c(oc3c(-c4ccc(C5OCCO5)cc4)c(C#N)ccc32)c1-c1cccc[n+]1C. The first-order chi connectivity index (χ1) is 16.7. The largest absolute Gasteiger partial charge is 0.454 e. The van der Waals surface area contributed by atoms with E-state index in [0.717, 1.165) is 55.4 Å². The molecule has 5 aromatic rings. The fraction of sp³-hybridized carbons (Fsp3) is 0.172. The van der Waals surface area contributed by atoms with Crippen molar-refractivity contribution in [1.29, 1.82) is 5.26 Å². The van der Waals surface area contributed by atoms with Crippen molar-refractivity contribution in [2.45, 2.75) is 13.2 Å². The van der Waals surface area contributed by atoms with E-state index >= 15 is 0 Å². The number of hydrogen-bond acceptors (Lipinski definition) is 4. The summed E-state index contributed by atoms with van der Waals surface area (Å²) in [5.74, 6) is 0. The van der Waals surface area contributed by atoms with Gasteiger partial charge in [-0.15, -0.1) is 0 Å². The molecule has 0 radical (unpaired) electrons. The molecule has 5 nitrogen and oxygen atoms in total. The number of nitrogens with zero attached hydrogens (tertiary/aromatic N) is 2. The van der Waals surface area contributed by atoms with Crippen molar-refractivity contribution in [2.75, 3.05) is 13.2 Å². The Morgan fingerprint density at radius 3 is 2.26 bits per heavy atom. The van der Waals surface area contributed by atoms with Crippen molar-refractivity contribution in [3.05, 3.63) is 89.6 Å². The number of rotatable bonds is 3. The Bertz CT molecular complexity index is 1590. The molecule has 3 heterocycles. The van der Waals surface area contributed by atoms with Crippen LogP contribution in [0.25, 0.3) is 44.3 Å². The summed E-state index contributed by atoms with van der Waals surface area (Å²) in [5, 5.41) is 12.0. The van der Waals surface area contributed by atoms with Gasteiger partial charge in [0.2, 0.25) is 5.69 Å². The average Bonchev–Trinajstić information content (AvgIpc) is 3.52. The molecule has 0 bridgehead atoms. The van der Waals surface area contributed by atoms with E-state index in [1.807, 2.05) is 61.8 Å². The smallest absolute Gasteiger partial charge is 0.216 e. The molecular weight excluding hydrogens is 424 g/mol. The summed E-state index contributed by atoms with van der Waals surface area (Å²) in [6.07, 6.45) is 1.71. The summed E-state index contributed by atoms with van der Waals surface area (Å²) in [5.41, 5.74) is 8.10. The van der Waals surface area contributed by atoms with Crippen molar-refractivity contribution in [3.8, 4) is 28.5 Å². The number of fused-ring (bicyclic) bond motifs is 3. The molecule has 34 heavy (non-hydrogen) atoms. The second-order valence-corrected chi connectivity index (χ2v) is 8.61. The molecule has 166 valence electrons. The van der Waals surface area contributed by atoms with Crippen LogP contribution in [0.15, 0.2) is 77.3 Å². The third-order valence-electron chi connectivity index (χ3n) is 6.54. The fourth-order valence-corrected chi connectivity index (χ4v) is 4.84. The predicted octanol–water partition coefficient (Wildman–Crippen LogP) is 5.97. The molecule has 0 saturated carbocycles. The topological polar surface area (TPSA) is 59.3 Å². The molecule has 0 aliphatic carbocycles. The van der Waals surface area contributed by atoms with Gasteiger partial charge in [0.15, 0.2) is 12.5 Å². The van der Waals surface area contributed by atoms with Gasteiger partial charge in [-0.1, -0.05) is 36.4 Å². The van der Waals surface area contributed by atoms with E-state index in [4.69, 9.17) is 13.9 Å². The van der Waals surface area contributed by atoms with Gasteiger partial charge in [-0.2, -0.15) is 5.26 Å². The van der Waals surface area contributed by atoms with Gasteiger partial charge in [-0.05, 0) is 36.2 Å². The lowest BCUT2D eigenvalue weighted by Gasteiger charge is -2.11. The van der Waals surface area contributed by atoms with Gasteiger partial charge in [0, 0.05) is 34.0 Å². The highest BCUT2D eigenvalue weighted by Crippen LogP contribution is 2.42. The second kappa shape index (κ2) is 8.11. The van der Waals surface area contributed by atoms with Crippen LogP contribution in [0.5, 0.6) is 0 Å². The zero-order valence-corrected chi connectivity index (χ0v) is 19.0. The Balaban J connectivity index is 1.60. The van der Waals surface area contributed by atoms with Gasteiger partial charge in [0.05, 0.1) is 30.4 Å². The minimum Gasteiger partial charge on any atom is -0.454 e. The zero-order chi connectivity index (χ0) is 23.2. The van der Waals surface area contributed by atoms with Gasteiger partial charge < -0.3 is 13.9 Å². The molecule has 0 amide bonds. The lowest BCUT2D eigenvalue weighted by atomic mass is 9.95. The average molecular weight is 448 g/mol.